The van der Waals surface area contributed by atoms with Gasteiger partial charge in [-0.2, -0.15) is 0 Å². The van der Waals surface area contributed by atoms with Crippen molar-refractivity contribution in [2.45, 2.75) is 78.1 Å². The van der Waals surface area contributed by atoms with Gasteiger partial charge in [0.05, 0.1) is 0 Å². The van der Waals surface area contributed by atoms with Crippen LogP contribution < -0.4 is 5.32 Å². The van der Waals surface area contributed by atoms with Gasteiger partial charge in [0.15, 0.2) is 0 Å². The Kier molecular flexibility index (Phi) is 9.19. The molecule has 0 unspecified atom stereocenters. The van der Waals surface area contributed by atoms with Crippen LogP contribution in [0.2, 0.25) is 0 Å². The van der Waals surface area contributed by atoms with Gasteiger partial charge in [0.25, 0.3) is 0 Å². The quantitative estimate of drug-likeness (QED) is 0.463. The van der Waals surface area contributed by atoms with Crippen molar-refractivity contribution in [1.82, 2.24) is 0 Å². The molecule has 1 aromatic rings. The van der Waals surface area contributed by atoms with Gasteiger partial charge in [-0.1, -0.05) is 83.9 Å². The molecule has 0 spiro atoms. The van der Waals surface area contributed by atoms with Crippen molar-refractivity contribution in [2.24, 2.45) is 0 Å². The monoisotopic (exact) mass is 275 g/mol. The zero-order valence-corrected chi connectivity index (χ0v) is 13.8. The van der Waals surface area contributed by atoms with E-state index in [1.54, 1.807) is 0 Å². The van der Waals surface area contributed by atoms with Crippen molar-refractivity contribution in [1.29, 1.82) is 0 Å². The third kappa shape index (κ3) is 6.98. The van der Waals surface area contributed by atoms with Crippen molar-refractivity contribution < 1.29 is 0 Å². The minimum absolute atomic E-state index is 0.595. The Morgan fingerprint density at radius 3 is 2.10 bits per heavy atom. The summed E-state index contributed by atoms with van der Waals surface area (Å²) in [6.45, 7) is 7.91. The molecule has 0 saturated heterocycles. The number of rotatable bonds is 11. The third-order valence-corrected chi connectivity index (χ3v) is 3.93. The van der Waals surface area contributed by atoms with E-state index in [1.165, 1.54) is 62.6 Å². The summed E-state index contributed by atoms with van der Waals surface area (Å²) in [4.78, 5) is 0. The van der Waals surface area contributed by atoms with Crippen LogP contribution in [0, 0.1) is 0 Å². The predicted molar refractivity (Wildman–Crippen MR) is 91.6 cm³/mol. The molecule has 0 aliphatic rings. The second-order valence-electron chi connectivity index (χ2n) is 6.14. The van der Waals surface area contributed by atoms with Gasteiger partial charge in [-0.25, -0.2) is 0 Å². The van der Waals surface area contributed by atoms with Crippen LogP contribution in [0.3, 0.4) is 0 Å². The Bertz CT molecular complexity index is 343. The lowest BCUT2D eigenvalue weighted by Gasteiger charge is -2.14. The molecule has 1 nitrogen and oxygen atoms in total. The lowest BCUT2D eigenvalue weighted by Crippen LogP contribution is -2.04. The van der Waals surface area contributed by atoms with E-state index in [9.17, 15) is 0 Å². The van der Waals surface area contributed by atoms with E-state index >= 15 is 0 Å². The van der Waals surface area contributed by atoms with E-state index in [2.05, 4.69) is 50.4 Å². The van der Waals surface area contributed by atoms with Crippen molar-refractivity contribution in [3.05, 3.63) is 29.8 Å². The van der Waals surface area contributed by atoms with E-state index in [0.29, 0.717) is 5.92 Å². The van der Waals surface area contributed by atoms with Crippen LogP contribution in [0.4, 0.5) is 5.69 Å². The van der Waals surface area contributed by atoms with E-state index in [0.717, 1.165) is 6.54 Å². The van der Waals surface area contributed by atoms with Crippen LogP contribution in [-0.4, -0.2) is 6.54 Å². The first-order valence-electron chi connectivity index (χ1n) is 8.58. The Balaban J connectivity index is 2.10. The van der Waals surface area contributed by atoms with Gasteiger partial charge in [-0.3, -0.25) is 0 Å². The fraction of sp³-hybridized carbons (Fsp3) is 0.684. The number of para-hydroxylation sites is 1. The molecule has 0 amide bonds. The normalized spacial score (nSPS) is 11.0. The Labute approximate surface area is 126 Å². The Morgan fingerprint density at radius 1 is 0.850 bits per heavy atom. The SMILES string of the molecule is CCCCCCCCCCNc1ccccc1C(C)C. The summed E-state index contributed by atoms with van der Waals surface area (Å²) in [5, 5.41) is 3.61. The smallest absolute Gasteiger partial charge is 0.0375 e. The van der Waals surface area contributed by atoms with E-state index in [1.807, 2.05) is 0 Å². The van der Waals surface area contributed by atoms with Crippen LogP contribution in [0.15, 0.2) is 24.3 Å². The maximum atomic E-state index is 3.61. The molecule has 0 saturated carbocycles. The average Bonchev–Trinajstić information content (AvgIpc) is 2.46. The van der Waals surface area contributed by atoms with Gasteiger partial charge in [-0.15, -0.1) is 0 Å². The first-order valence-corrected chi connectivity index (χ1v) is 8.58. The number of anilines is 1. The fourth-order valence-corrected chi connectivity index (χ4v) is 2.64. The third-order valence-electron chi connectivity index (χ3n) is 3.93. The van der Waals surface area contributed by atoms with Crippen LogP contribution >= 0.6 is 0 Å². The molecule has 1 rings (SSSR count). The molecule has 0 heterocycles. The maximum Gasteiger partial charge on any atom is 0.0375 e. The van der Waals surface area contributed by atoms with Gasteiger partial charge in [0.1, 0.15) is 0 Å². The van der Waals surface area contributed by atoms with Gasteiger partial charge in [-0.05, 0) is 24.0 Å². The number of hydrogen-bond donors (Lipinski definition) is 1. The molecule has 0 atom stereocenters. The lowest BCUT2D eigenvalue weighted by atomic mass is 10.0. The van der Waals surface area contributed by atoms with Crippen molar-refractivity contribution in [2.75, 3.05) is 11.9 Å². The lowest BCUT2D eigenvalue weighted by molar-refractivity contribution is 0.581. The zero-order chi connectivity index (χ0) is 14.6. The first-order chi connectivity index (χ1) is 9.75. The Morgan fingerprint density at radius 2 is 1.45 bits per heavy atom. The standard InChI is InChI=1S/C19H33N/c1-4-5-6-7-8-9-10-13-16-20-19-15-12-11-14-18(19)17(2)3/h11-12,14-15,17,20H,4-10,13,16H2,1-3H3. The van der Waals surface area contributed by atoms with Crippen LogP contribution in [-0.2, 0) is 0 Å². The average molecular weight is 275 g/mol. The molecule has 1 heteroatoms. The molecule has 1 N–H and O–H groups in total. The molecule has 20 heavy (non-hydrogen) atoms. The van der Waals surface area contributed by atoms with Crippen LogP contribution in [0.25, 0.3) is 0 Å². The first kappa shape index (κ1) is 17.1. The van der Waals surface area contributed by atoms with E-state index in [4.69, 9.17) is 0 Å². The number of hydrogen-bond acceptors (Lipinski definition) is 1. The maximum absolute atomic E-state index is 3.61. The summed E-state index contributed by atoms with van der Waals surface area (Å²) in [5.74, 6) is 0.595. The van der Waals surface area contributed by atoms with Gasteiger partial charge in [0, 0.05) is 12.2 Å². The molecular weight excluding hydrogens is 242 g/mol. The molecule has 0 fully saturated rings. The molecule has 1 aromatic carbocycles. The number of benzene rings is 1. The van der Waals surface area contributed by atoms with Gasteiger partial charge >= 0.3 is 0 Å². The fourth-order valence-electron chi connectivity index (χ4n) is 2.64. The van der Waals surface area contributed by atoms with Crippen molar-refractivity contribution in [3.63, 3.8) is 0 Å². The van der Waals surface area contributed by atoms with Gasteiger partial charge < -0.3 is 5.32 Å². The summed E-state index contributed by atoms with van der Waals surface area (Å²) in [7, 11) is 0. The number of nitrogens with one attached hydrogen (secondary N) is 1. The highest BCUT2D eigenvalue weighted by molar-refractivity contribution is 5.52. The van der Waals surface area contributed by atoms with Gasteiger partial charge in [0.2, 0.25) is 0 Å². The topological polar surface area (TPSA) is 12.0 Å². The van der Waals surface area contributed by atoms with Crippen molar-refractivity contribution in [3.8, 4) is 0 Å². The highest BCUT2D eigenvalue weighted by Gasteiger charge is 2.04. The van der Waals surface area contributed by atoms with E-state index in [-0.39, 0.29) is 0 Å². The summed E-state index contributed by atoms with van der Waals surface area (Å²) < 4.78 is 0. The molecular formula is C19H33N. The summed E-state index contributed by atoms with van der Waals surface area (Å²) >= 11 is 0. The summed E-state index contributed by atoms with van der Waals surface area (Å²) in [5.41, 5.74) is 2.76. The largest absolute Gasteiger partial charge is 0.385 e. The molecule has 0 radical (unpaired) electrons. The predicted octanol–water partition coefficient (Wildman–Crippen LogP) is 6.36. The van der Waals surface area contributed by atoms with E-state index < -0.39 is 0 Å². The second kappa shape index (κ2) is 10.8. The molecule has 0 aliphatic heterocycles. The zero-order valence-electron chi connectivity index (χ0n) is 13.8. The molecule has 0 aromatic heterocycles. The van der Waals surface area contributed by atoms with Crippen LogP contribution in [0.5, 0.6) is 0 Å². The highest BCUT2D eigenvalue weighted by atomic mass is 14.9. The highest BCUT2D eigenvalue weighted by Crippen LogP contribution is 2.23. The second-order valence-corrected chi connectivity index (χ2v) is 6.14. The number of unbranched alkanes of at least 4 members (excludes halogenated alkanes) is 7. The Hall–Kier alpha value is -0.980. The molecule has 114 valence electrons. The minimum Gasteiger partial charge on any atom is -0.385 e. The van der Waals surface area contributed by atoms with Crippen LogP contribution in [0.1, 0.15) is 83.6 Å². The summed E-state index contributed by atoms with van der Waals surface area (Å²) in [6.07, 6.45) is 11.1. The van der Waals surface area contributed by atoms with Crippen molar-refractivity contribution >= 4 is 5.69 Å². The molecule has 0 aliphatic carbocycles. The summed E-state index contributed by atoms with van der Waals surface area (Å²) in [6, 6.07) is 8.71. The minimum atomic E-state index is 0.595. The molecule has 0 bridgehead atoms.